The zero-order valence-corrected chi connectivity index (χ0v) is 13.3. The number of para-hydroxylation sites is 2. The van der Waals surface area contributed by atoms with Crippen LogP contribution in [-0.4, -0.2) is 40.2 Å². The maximum Gasteiger partial charge on any atom is 0.326 e. The summed E-state index contributed by atoms with van der Waals surface area (Å²) >= 11 is 0. The Labute approximate surface area is 135 Å². The van der Waals surface area contributed by atoms with Crippen LogP contribution in [0.1, 0.15) is 31.7 Å². The highest BCUT2D eigenvalue weighted by atomic mass is 16.5. The van der Waals surface area contributed by atoms with E-state index in [2.05, 4.69) is 16.0 Å². The summed E-state index contributed by atoms with van der Waals surface area (Å²) in [6, 6.07) is 8.25. The lowest BCUT2D eigenvalue weighted by atomic mass is 10.0. The molecule has 0 aliphatic carbocycles. The fourth-order valence-electron chi connectivity index (χ4n) is 3.80. The Balaban J connectivity index is 1.43. The van der Waals surface area contributed by atoms with Gasteiger partial charge in [0.05, 0.1) is 17.3 Å². The van der Waals surface area contributed by atoms with Crippen LogP contribution in [0.3, 0.4) is 0 Å². The lowest BCUT2D eigenvalue weighted by molar-refractivity contribution is 0.0645. The number of rotatable bonds is 3. The van der Waals surface area contributed by atoms with Gasteiger partial charge in [-0.1, -0.05) is 12.1 Å². The van der Waals surface area contributed by atoms with Crippen molar-refractivity contribution in [3.63, 3.8) is 0 Å². The van der Waals surface area contributed by atoms with E-state index in [4.69, 9.17) is 4.74 Å². The van der Waals surface area contributed by atoms with E-state index >= 15 is 0 Å². The van der Waals surface area contributed by atoms with E-state index < -0.39 is 0 Å². The van der Waals surface area contributed by atoms with Gasteiger partial charge >= 0.3 is 5.69 Å². The Bertz CT molecular complexity index is 753. The van der Waals surface area contributed by atoms with Gasteiger partial charge in [0.2, 0.25) is 0 Å². The molecule has 0 radical (unpaired) electrons. The zero-order valence-electron chi connectivity index (χ0n) is 13.3. The van der Waals surface area contributed by atoms with Crippen molar-refractivity contribution in [2.24, 2.45) is 0 Å². The minimum Gasteiger partial charge on any atom is -0.497 e. The number of benzene rings is 1. The normalized spacial score (nSPS) is 23.2. The summed E-state index contributed by atoms with van der Waals surface area (Å²) < 4.78 is 7.63. The van der Waals surface area contributed by atoms with Crippen molar-refractivity contribution in [3.05, 3.63) is 47.1 Å². The van der Waals surface area contributed by atoms with Crippen LogP contribution in [0, 0.1) is 0 Å². The van der Waals surface area contributed by atoms with Gasteiger partial charge in [0, 0.05) is 25.7 Å². The number of nitrogens with one attached hydrogen (secondary N) is 1. The lowest BCUT2D eigenvalue weighted by Gasteiger charge is -2.34. The second-order valence-electron chi connectivity index (χ2n) is 6.56. The van der Waals surface area contributed by atoms with Crippen molar-refractivity contribution < 1.29 is 4.74 Å². The van der Waals surface area contributed by atoms with Gasteiger partial charge in [-0.2, -0.15) is 0 Å². The number of hydrogen-bond donors (Lipinski definition) is 1. The Morgan fingerprint density at radius 3 is 2.78 bits per heavy atom. The predicted octanol–water partition coefficient (Wildman–Crippen LogP) is 2.66. The largest absolute Gasteiger partial charge is 0.497 e. The highest BCUT2D eigenvalue weighted by Gasteiger charge is 2.25. The maximum atomic E-state index is 12.3. The van der Waals surface area contributed by atoms with Crippen molar-refractivity contribution in [3.8, 4) is 0 Å². The molecule has 4 rings (SSSR count). The maximum absolute atomic E-state index is 12.3. The van der Waals surface area contributed by atoms with Crippen LogP contribution in [0.25, 0.3) is 11.0 Å². The number of likely N-dealkylation sites (tertiary alicyclic amines) is 1. The first-order valence-electron chi connectivity index (χ1n) is 8.53. The molecule has 1 aromatic heterocycles. The van der Waals surface area contributed by atoms with Crippen LogP contribution in [0.15, 0.2) is 41.4 Å². The molecule has 5 nitrogen and oxygen atoms in total. The molecule has 1 unspecified atom stereocenters. The van der Waals surface area contributed by atoms with E-state index in [1.165, 1.54) is 0 Å². The molecule has 1 fully saturated rings. The zero-order chi connectivity index (χ0) is 15.6. The highest BCUT2D eigenvalue weighted by molar-refractivity contribution is 5.75. The van der Waals surface area contributed by atoms with E-state index in [1.807, 2.05) is 35.1 Å². The molecule has 0 amide bonds. The molecule has 0 saturated carbocycles. The van der Waals surface area contributed by atoms with Crippen LogP contribution >= 0.6 is 0 Å². The number of imidazole rings is 1. The first kappa shape index (κ1) is 14.6. The van der Waals surface area contributed by atoms with Crippen molar-refractivity contribution in [1.82, 2.24) is 14.5 Å². The standard InChI is InChI=1S/C18H23N3O2/c22-18-19-16-6-1-2-7-17(16)21(18)14-8-10-20(11-9-14)13-15-5-3-4-12-23-15/h1-2,4,6-7,12,14-15H,3,5,8-11,13H2,(H,19,22). The molecule has 2 aliphatic heterocycles. The highest BCUT2D eigenvalue weighted by Crippen LogP contribution is 2.25. The van der Waals surface area contributed by atoms with Crippen molar-refractivity contribution >= 4 is 11.0 Å². The average molecular weight is 313 g/mol. The van der Waals surface area contributed by atoms with Crippen LogP contribution in [0.2, 0.25) is 0 Å². The molecule has 23 heavy (non-hydrogen) atoms. The SMILES string of the molecule is O=c1[nH]c2ccccc2n1C1CCN(CC2CCC=CO2)CC1. The van der Waals surface area contributed by atoms with E-state index in [9.17, 15) is 4.79 Å². The number of fused-ring (bicyclic) bond motifs is 1. The number of aromatic nitrogens is 2. The van der Waals surface area contributed by atoms with Gasteiger partial charge < -0.3 is 9.72 Å². The molecular weight excluding hydrogens is 290 g/mol. The Morgan fingerprint density at radius 2 is 2.00 bits per heavy atom. The minimum absolute atomic E-state index is 0.0189. The molecule has 0 spiro atoms. The molecule has 5 heteroatoms. The summed E-state index contributed by atoms with van der Waals surface area (Å²) in [6.45, 7) is 3.06. The summed E-state index contributed by atoms with van der Waals surface area (Å²) in [7, 11) is 0. The number of H-pyrrole nitrogens is 1. The number of aromatic amines is 1. The van der Waals surface area contributed by atoms with Crippen LogP contribution in [0.5, 0.6) is 0 Å². The third-order valence-corrected chi connectivity index (χ3v) is 5.03. The summed E-state index contributed by atoms with van der Waals surface area (Å²) in [5, 5.41) is 0. The third-order valence-electron chi connectivity index (χ3n) is 5.03. The van der Waals surface area contributed by atoms with E-state index in [-0.39, 0.29) is 5.69 Å². The molecule has 1 saturated heterocycles. The number of piperidine rings is 1. The van der Waals surface area contributed by atoms with Gasteiger partial charge in [0.25, 0.3) is 0 Å². The minimum atomic E-state index is 0.0189. The predicted molar refractivity (Wildman–Crippen MR) is 90.5 cm³/mol. The number of ether oxygens (including phenoxy) is 1. The van der Waals surface area contributed by atoms with Gasteiger partial charge in [-0.15, -0.1) is 0 Å². The topological polar surface area (TPSA) is 50.3 Å². The first-order valence-corrected chi connectivity index (χ1v) is 8.53. The summed E-state index contributed by atoms with van der Waals surface area (Å²) in [5.74, 6) is 0. The second kappa shape index (κ2) is 6.24. The Morgan fingerprint density at radius 1 is 1.17 bits per heavy atom. The molecule has 1 atom stereocenters. The van der Waals surface area contributed by atoms with E-state index in [0.29, 0.717) is 12.1 Å². The van der Waals surface area contributed by atoms with Crippen LogP contribution < -0.4 is 5.69 Å². The average Bonchev–Trinajstić information content (AvgIpc) is 2.92. The molecule has 2 aromatic rings. The van der Waals surface area contributed by atoms with Crippen LogP contribution in [-0.2, 0) is 4.74 Å². The van der Waals surface area contributed by atoms with Crippen molar-refractivity contribution in [1.29, 1.82) is 0 Å². The molecule has 0 bridgehead atoms. The van der Waals surface area contributed by atoms with Crippen molar-refractivity contribution in [2.75, 3.05) is 19.6 Å². The monoisotopic (exact) mass is 313 g/mol. The van der Waals surface area contributed by atoms with Gasteiger partial charge in [0.15, 0.2) is 0 Å². The summed E-state index contributed by atoms with van der Waals surface area (Å²) in [4.78, 5) is 17.7. The third kappa shape index (κ3) is 2.93. The molecule has 3 heterocycles. The second-order valence-corrected chi connectivity index (χ2v) is 6.56. The smallest absolute Gasteiger partial charge is 0.326 e. The molecule has 1 aromatic carbocycles. The summed E-state index contributed by atoms with van der Waals surface area (Å²) in [5.41, 5.74) is 1.98. The Hall–Kier alpha value is -2.01. The first-order chi connectivity index (χ1) is 11.3. The lowest BCUT2D eigenvalue weighted by Crippen LogP contribution is -2.41. The van der Waals surface area contributed by atoms with Gasteiger partial charge in [-0.3, -0.25) is 9.47 Å². The fourth-order valence-corrected chi connectivity index (χ4v) is 3.80. The molecule has 122 valence electrons. The quantitative estimate of drug-likeness (QED) is 0.948. The van der Waals surface area contributed by atoms with Gasteiger partial charge in [-0.05, 0) is 43.9 Å². The molecule has 1 N–H and O–H groups in total. The van der Waals surface area contributed by atoms with Crippen molar-refractivity contribution in [2.45, 2.75) is 37.8 Å². The van der Waals surface area contributed by atoms with Gasteiger partial charge in [0.1, 0.15) is 6.10 Å². The van der Waals surface area contributed by atoms with E-state index in [0.717, 1.165) is 56.4 Å². The molecular formula is C18H23N3O2. The van der Waals surface area contributed by atoms with E-state index in [1.54, 1.807) is 0 Å². The number of allylic oxidation sites excluding steroid dienone is 1. The fraction of sp³-hybridized carbons (Fsp3) is 0.500. The van der Waals surface area contributed by atoms with Gasteiger partial charge in [-0.25, -0.2) is 4.79 Å². The molecule has 2 aliphatic rings. The summed E-state index contributed by atoms with van der Waals surface area (Å²) in [6.07, 6.45) is 8.52. The number of hydrogen-bond acceptors (Lipinski definition) is 3. The Kier molecular flexibility index (Phi) is 3.95. The number of nitrogens with zero attached hydrogens (tertiary/aromatic N) is 2. The van der Waals surface area contributed by atoms with Crippen LogP contribution in [0.4, 0.5) is 0 Å².